The molecule has 1 heterocycles. The van der Waals surface area contributed by atoms with Crippen molar-refractivity contribution < 1.29 is 4.79 Å². The minimum absolute atomic E-state index is 0.00976. The summed E-state index contributed by atoms with van der Waals surface area (Å²) in [6.45, 7) is 1.89. The lowest BCUT2D eigenvalue weighted by Crippen LogP contribution is -2.40. The van der Waals surface area contributed by atoms with Gasteiger partial charge in [-0.05, 0) is 42.1 Å². The highest BCUT2D eigenvalue weighted by Gasteiger charge is 2.21. The molecular weight excluding hydrogens is 396 g/mol. The lowest BCUT2D eigenvalue weighted by Gasteiger charge is -2.22. The zero-order valence-corrected chi connectivity index (χ0v) is 16.2. The minimum atomic E-state index is -0.341. The van der Waals surface area contributed by atoms with Crippen molar-refractivity contribution in [2.75, 3.05) is 5.32 Å². The summed E-state index contributed by atoms with van der Waals surface area (Å²) < 4.78 is 0.937. The summed E-state index contributed by atoms with van der Waals surface area (Å²) in [5.41, 5.74) is 1.92. The molecule has 3 rings (SSSR count). The SMILES string of the molecule is C[C@@H](N[C@@H](c1ccccc1)c1cccs1)C(=O)Nc1cccc(Br)c1. The molecule has 5 heteroatoms. The average Bonchev–Trinajstić information content (AvgIpc) is 3.14. The number of benzene rings is 2. The Labute approximate surface area is 160 Å². The Morgan fingerprint density at radius 3 is 2.52 bits per heavy atom. The van der Waals surface area contributed by atoms with Crippen LogP contribution in [0, 0.1) is 0 Å². The Kier molecular flexibility index (Phi) is 6.02. The molecule has 0 unspecified atom stereocenters. The topological polar surface area (TPSA) is 41.1 Å². The van der Waals surface area contributed by atoms with E-state index in [1.807, 2.05) is 55.5 Å². The fourth-order valence-electron chi connectivity index (χ4n) is 2.59. The number of anilines is 1. The Morgan fingerprint density at radius 1 is 1.04 bits per heavy atom. The molecule has 2 N–H and O–H groups in total. The first-order valence-electron chi connectivity index (χ1n) is 8.04. The van der Waals surface area contributed by atoms with Crippen LogP contribution in [0.1, 0.15) is 23.4 Å². The molecule has 2 atom stereocenters. The van der Waals surface area contributed by atoms with Crippen LogP contribution in [0.5, 0.6) is 0 Å². The molecule has 128 valence electrons. The second-order valence-corrected chi connectivity index (χ2v) is 7.64. The summed E-state index contributed by atoms with van der Waals surface area (Å²) in [5.74, 6) is -0.0596. The normalized spacial score (nSPS) is 13.2. The molecule has 3 aromatic rings. The number of amides is 1. The number of carbonyl (C=O) groups excluding carboxylic acids is 1. The van der Waals surface area contributed by atoms with Gasteiger partial charge < -0.3 is 5.32 Å². The molecule has 2 aromatic carbocycles. The lowest BCUT2D eigenvalue weighted by molar-refractivity contribution is -0.117. The summed E-state index contributed by atoms with van der Waals surface area (Å²) in [4.78, 5) is 13.8. The fourth-order valence-corrected chi connectivity index (χ4v) is 3.80. The highest BCUT2D eigenvalue weighted by Crippen LogP contribution is 2.26. The zero-order valence-electron chi connectivity index (χ0n) is 13.8. The first-order valence-corrected chi connectivity index (χ1v) is 9.71. The number of carbonyl (C=O) groups is 1. The molecule has 3 nitrogen and oxygen atoms in total. The third-order valence-electron chi connectivity index (χ3n) is 3.86. The molecule has 0 bridgehead atoms. The van der Waals surface area contributed by atoms with Crippen LogP contribution < -0.4 is 10.6 Å². The quantitative estimate of drug-likeness (QED) is 0.580. The van der Waals surface area contributed by atoms with E-state index in [0.29, 0.717) is 0 Å². The number of nitrogens with one attached hydrogen (secondary N) is 2. The van der Waals surface area contributed by atoms with E-state index in [-0.39, 0.29) is 18.0 Å². The molecule has 1 aromatic heterocycles. The average molecular weight is 415 g/mol. The molecule has 0 saturated carbocycles. The third kappa shape index (κ3) is 4.78. The summed E-state index contributed by atoms with van der Waals surface area (Å²) >= 11 is 5.11. The van der Waals surface area contributed by atoms with Crippen molar-refractivity contribution in [3.63, 3.8) is 0 Å². The van der Waals surface area contributed by atoms with Crippen molar-refractivity contribution in [1.82, 2.24) is 5.32 Å². The van der Waals surface area contributed by atoms with Gasteiger partial charge in [0.1, 0.15) is 0 Å². The highest BCUT2D eigenvalue weighted by molar-refractivity contribution is 9.10. The van der Waals surface area contributed by atoms with Crippen LogP contribution in [0.3, 0.4) is 0 Å². The van der Waals surface area contributed by atoms with Gasteiger partial charge in [0.05, 0.1) is 12.1 Å². The molecule has 0 aliphatic heterocycles. The number of hydrogen-bond donors (Lipinski definition) is 2. The van der Waals surface area contributed by atoms with Crippen LogP contribution in [-0.2, 0) is 4.79 Å². The van der Waals surface area contributed by atoms with E-state index in [2.05, 4.69) is 50.1 Å². The monoisotopic (exact) mass is 414 g/mol. The maximum absolute atomic E-state index is 12.6. The summed E-state index contributed by atoms with van der Waals surface area (Å²) in [7, 11) is 0. The number of hydrogen-bond acceptors (Lipinski definition) is 3. The maximum Gasteiger partial charge on any atom is 0.241 e. The van der Waals surface area contributed by atoms with Crippen LogP contribution >= 0.6 is 27.3 Å². The Bertz CT molecular complexity index is 821. The van der Waals surface area contributed by atoms with Crippen LogP contribution in [0.15, 0.2) is 76.6 Å². The van der Waals surface area contributed by atoms with E-state index in [4.69, 9.17) is 0 Å². The number of thiophene rings is 1. The van der Waals surface area contributed by atoms with Gasteiger partial charge in [0.2, 0.25) is 5.91 Å². The van der Waals surface area contributed by atoms with Gasteiger partial charge in [0.25, 0.3) is 0 Å². The van der Waals surface area contributed by atoms with Crippen molar-refractivity contribution in [3.8, 4) is 0 Å². The molecule has 0 aliphatic carbocycles. The lowest BCUT2D eigenvalue weighted by atomic mass is 10.0. The smallest absolute Gasteiger partial charge is 0.241 e. The minimum Gasteiger partial charge on any atom is -0.325 e. The van der Waals surface area contributed by atoms with Crippen molar-refractivity contribution in [3.05, 3.63) is 87.0 Å². The fraction of sp³-hybridized carbons (Fsp3) is 0.150. The zero-order chi connectivity index (χ0) is 17.6. The molecule has 25 heavy (non-hydrogen) atoms. The first kappa shape index (κ1) is 17.9. The van der Waals surface area contributed by atoms with Crippen LogP contribution in [0.4, 0.5) is 5.69 Å². The number of halogens is 1. The van der Waals surface area contributed by atoms with Crippen LogP contribution in [-0.4, -0.2) is 11.9 Å². The van der Waals surface area contributed by atoms with E-state index in [9.17, 15) is 4.79 Å². The second kappa shape index (κ2) is 8.43. The predicted molar refractivity (Wildman–Crippen MR) is 108 cm³/mol. The van der Waals surface area contributed by atoms with Crippen LogP contribution in [0.2, 0.25) is 0 Å². The molecule has 0 radical (unpaired) electrons. The van der Waals surface area contributed by atoms with Crippen molar-refractivity contribution in [2.24, 2.45) is 0 Å². The molecular formula is C20H19BrN2OS. The largest absolute Gasteiger partial charge is 0.325 e. The van der Waals surface area contributed by atoms with E-state index in [1.54, 1.807) is 11.3 Å². The van der Waals surface area contributed by atoms with Gasteiger partial charge in [-0.25, -0.2) is 0 Å². The standard InChI is InChI=1S/C20H19BrN2OS/c1-14(20(24)23-17-10-5-9-16(21)13-17)22-19(18-11-6-12-25-18)15-7-3-2-4-8-15/h2-14,19,22H,1H3,(H,23,24)/t14-,19+/m1/s1. The Hall–Kier alpha value is -1.95. The van der Waals surface area contributed by atoms with Gasteiger partial charge >= 0.3 is 0 Å². The van der Waals surface area contributed by atoms with E-state index in [1.165, 1.54) is 4.88 Å². The third-order valence-corrected chi connectivity index (χ3v) is 5.29. The van der Waals surface area contributed by atoms with Gasteiger partial charge in [-0.2, -0.15) is 0 Å². The molecule has 0 saturated heterocycles. The van der Waals surface area contributed by atoms with Crippen molar-refractivity contribution >= 4 is 38.9 Å². The van der Waals surface area contributed by atoms with Crippen LogP contribution in [0.25, 0.3) is 0 Å². The first-order chi connectivity index (χ1) is 12.1. The summed E-state index contributed by atoms with van der Waals surface area (Å²) in [5, 5.41) is 8.47. The Morgan fingerprint density at radius 2 is 1.84 bits per heavy atom. The van der Waals surface area contributed by atoms with Gasteiger partial charge in [-0.3, -0.25) is 10.1 Å². The molecule has 0 fully saturated rings. The van der Waals surface area contributed by atoms with Gasteiger partial charge in [-0.15, -0.1) is 11.3 Å². The van der Waals surface area contributed by atoms with E-state index >= 15 is 0 Å². The predicted octanol–water partition coefficient (Wildman–Crippen LogP) is 5.22. The molecule has 1 amide bonds. The molecule has 0 spiro atoms. The highest BCUT2D eigenvalue weighted by atomic mass is 79.9. The molecule has 0 aliphatic rings. The van der Waals surface area contributed by atoms with Gasteiger partial charge in [0, 0.05) is 15.0 Å². The second-order valence-electron chi connectivity index (χ2n) is 5.75. The Balaban J connectivity index is 1.74. The van der Waals surface area contributed by atoms with E-state index < -0.39 is 0 Å². The van der Waals surface area contributed by atoms with Gasteiger partial charge in [-0.1, -0.05) is 58.4 Å². The van der Waals surface area contributed by atoms with E-state index in [0.717, 1.165) is 15.7 Å². The van der Waals surface area contributed by atoms with Crippen molar-refractivity contribution in [2.45, 2.75) is 19.0 Å². The van der Waals surface area contributed by atoms with Crippen molar-refractivity contribution in [1.29, 1.82) is 0 Å². The summed E-state index contributed by atoms with van der Waals surface area (Å²) in [6, 6.07) is 21.6. The maximum atomic E-state index is 12.6. The number of rotatable bonds is 6. The summed E-state index contributed by atoms with van der Waals surface area (Å²) in [6.07, 6.45) is 0. The van der Waals surface area contributed by atoms with Gasteiger partial charge in [0.15, 0.2) is 0 Å².